The highest BCUT2D eigenvalue weighted by Gasteiger charge is 2.32. The minimum atomic E-state index is -4.47. The van der Waals surface area contributed by atoms with Crippen LogP contribution in [0.1, 0.15) is 41.7 Å². The molecule has 8 heteroatoms. The fourth-order valence-corrected chi connectivity index (χ4v) is 3.25. The molecule has 3 rings (SSSR count). The first-order chi connectivity index (χ1) is 12.3. The molecule has 0 atom stereocenters. The van der Waals surface area contributed by atoms with E-state index in [0.717, 1.165) is 43.9 Å². The molecule has 0 aliphatic carbocycles. The van der Waals surface area contributed by atoms with Crippen LogP contribution in [0.2, 0.25) is 0 Å². The number of fused-ring (bicyclic) bond motifs is 1. The summed E-state index contributed by atoms with van der Waals surface area (Å²) in [5.74, 6) is 0.567. The maximum atomic E-state index is 12.9. The number of pyridine rings is 1. The van der Waals surface area contributed by atoms with Crippen LogP contribution >= 0.6 is 0 Å². The summed E-state index contributed by atoms with van der Waals surface area (Å²) in [7, 11) is 0. The highest BCUT2D eigenvalue weighted by Crippen LogP contribution is 2.27. The zero-order valence-corrected chi connectivity index (χ0v) is 14.8. The second-order valence-electron chi connectivity index (χ2n) is 6.55. The van der Waals surface area contributed by atoms with Gasteiger partial charge in [0.15, 0.2) is 0 Å². The molecule has 5 nitrogen and oxygen atoms in total. The number of hydrogen-bond acceptors (Lipinski definition) is 4. The fraction of sp³-hybridized carbons (Fsp3) is 0.500. The summed E-state index contributed by atoms with van der Waals surface area (Å²) < 4.78 is 39.4. The van der Waals surface area contributed by atoms with Gasteiger partial charge in [0.1, 0.15) is 11.5 Å². The Bertz CT molecular complexity index is 843. The number of alkyl halides is 3. The lowest BCUT2D eigenvalue weighted by atomic mass is 10.1. The first kappa shape index (κ1) is 18.6. The van der Waals surface area contributed by atoms with E-state index in [2.05, 4.69) is 21.8 Å². The Morgan fingerprint density at radius 2 is 2.04 bits per heavy atom. The molecular formula is C18H21F3N4O. The van der Waals surface area contributed by atoms with Crippen molar-refractivity contribution < 1.29 is 13.2 Å². The summed E-state index contributed by atoms with van der Waals surface area (Å²) in [6.45, 7) is 6.38. The van der Waals surface area contributed by atoms with E-state index in [1.807, 2.05) is 0 Å². The number of nitrogens with zero attached hydrogens (tertiary/aromatic N) is 4. The highest BCUT2D eigenvalue weighted by atomic mass is 19.4. The van der Waals surface area contributed by atoms with E-state index >= 15 is 0 Å². The molecular weight excluding hydrogens is 345 g/mol. The van der Waals surface area contributed by atoms with Crippen LogP contribution in [0.5, 0.6) is 0 Å². The lowest BCUT2D eigenvalue weighted by Gasteiger charge is -2.28. The minimum Gasteiger partial charge on any atom is -0.298 e. The maximum absolute atomic E-state index is 12.9. The van der Waals surface area contributed by atoms with E-state index in [1.54, 1.807) is 6.92 Å². The van der Waals surface area contributed by atoms with Crippen LogP contribution in [0.4, 0.5) is 13.2 Å². The van der Waals surface area contributed by atoms with Crippen molar-refractivity contribution in [3.63, 3.8) is 0 Å². The molecule has 2 aromatic rings. The summed E-state index contributed by atoms with van der Waals surface area (Å²) in [5.41, 5.74) is 1.00. The molecule has 0 radical (unpaired) electrons. The summed E-state index contributed by atoms with van der Waals surface area (Å²) in [4.78, 5) is 23.2. The fourth-order valence-electron chi connectivity index (χ4n) is 3.25. The SMILES string of the molecule is CCCN1CCc2nc(C)n(Cc3ccc(C(F)(F)F)nc3)c(=O)c2C1. The Labute approximate surface area is 149 Å². The number of hydrogen-bond donors (Lipinski definition) is 0. The van der Waals surface area contributed by atoms with Crippen molar-refractivity contribution in [1.82, 2.24) is 19.4 Å². The van der Waals surface area contributed by atoms with Gasteiger partial charge in [-0.15, -0.1) is 0 Å². The van der Waals surface area contributed by atoms with Gasteiger partial charge >= 0.3 is 6.18 Å². The van der Waals surface area contributed by atoms with Gasteiger partial charge in [-0.1, -0.05) is 13.0 Å². The van der Waals surface area contributed by atoms with Crippen LogP contribution < -0.4 is 5.56 Å². The second-order valence-corrected chi connectivity index (χ2v) is 6.55. The molecule has 3 heterocycles. The summed E-state index contributed by atoms with van der Waals surface area (Å²) in [5, 5.41) is 0. The third kappa shape index (κ3) is 3.80. The Hall–Kier alpha value is -2.22. The van der Waals surface area contributed by atoms with E-state index in [1.165, 1.54) is 10.6 Å². The van der Waals surface area contributed by atoms with Gasteiger partial charge in [-0.2, -0.15) is 13.2 Å². The lowest BCUT2D eigenvalue weighted by molar-refractivity contribution is -0.141. The van der Waals surface area contributed by atoms with Crippen molar-refractivity contribution >= 4 is 0 Å². The zero-order chi connectivity index (χ0) is 18.9. The normalized spacial score (nSPS) is 15.1. The largest absolute Gasteiger partial charge is 0.433 e. The molecule has 0 N–H and O–H groups in total. The van der Waals surface area contributed by atoms with Gasteiger partial charge in [0.2, 0.25) is 0 Å². The maximum Gasteiger partial charge on any atom is 0.433 e. The van der Waals surface area contributed by atoms with Crippen molar-refractivity contribution in [2.45, 2.75) is 46.0 Å². The molecule has 0 spiro atoms. The predicted molar refractivity (Wildman–Crippen MR) is 90.8 cm³/mol. The van der Waals surface area contributed by atoms with Crippen molar-refractivity contribution in [3.05, 3.63) is 57.0 Å². The first-order valence-electron chi connectivity index (χ1n) is 8.63. The topological polar surface area (TPSA) is 51.0 Å². The molecule has 1 aliphatic heterocycles. The van der Waals surface area contributed by atoms with Gasteiger partial charge in [0, 0.05) is 25.7 Å². The Morgan fingerprint density at radius 3 is 2.65 bits per heavy atom. The predicted octanol–water partition coefficient (Wildman–Crippen LogP) is 2.78. The van der Waals surface area contributed by atoms with E-state index in [9.17, 15) is 18.0 Å². The van der Waals surface area contributed by atoms with Crippen LogP contribution in [-0.2, 0) is 25.7 Å². The van der Waals surface area contributed by atoms with Gasteiger partial charge in [0.05, 0.1) is 17.8 Å². The summed E-state index contributed by atoms with van der Waals surface area (Å²) in [6, 6.07) is 2.29. The van der Waals surface area contributed by atoms with E-state index < -0.39 is 11.9 Å². The molecule has 1 aliphatic rings. The monoisotopic (exact) mass is 366 g/mol. The minimum absolute atomic E-state index is 0.117. The van der Waals surface area contributed by atoms with Gasteiger partial charge in [0.25, 0.3) is 5.56 Å². The zero-order valence-electron chi connectivity index (χ0n) is 14.8. The van der Waals surface area contributed by atoms with Gasteiger partial charge in [-0.05, 0) is 31.5 Å². The van der Waals surface area contributed by atoms with Crippen LogP contribution in [0.15, 0.2) is 23.1 Å². The van der Waals surface area contributed by atoms with Gasteiger partial charge in [-0.3, -0.25) is 19.2 Å². The number of rotatable bonds is 4. The Morgan fingerprint density at radius 1 is 1.27 bits per heavy atom. The van der Waals surface area contributed by atoms with Gasteiger partial charge < -0.3 is 0 Å². The van der Waals surface area contributed by atoms with Gasteiger partial charge in [-0.25, -0.2) is 4.98 Å². The van der Waals surface area contributed by atoms with Crippen molar-refractivity contribution in [2.24, 2.45) is 0 Å². The molecule has 0 amide bonds. The second kappa shape index (κ2) is 7.19. The summed E-state index contributed by atoms with van der Waals surface area (Å²) in [6.07, 6.45) is -1.55. The number of halogens is 3. The van der Waals surface area contributed by atoms with Crippen molar-refractivity contribution in [1.29, 1.82) is 0 Å². The molecule has 26 heavy (non-hydrogen) atoms. The third-order valence-electron chi connectivity index (χ3n) is 4.58. The Kier molecular flexibility index (Phi) is 5.13. The smallest absolute Gasteiger partial charge is 0.298 e. The lowest BCUT2D eigenvalue weighted by Crippen LogP contribution is -2.39. The molecule has 0 fully saturated rings. The first-order valence-corrected chi connectivity index (χ1v) is 8.63. The Balaban J connectivity index is 1.89. The molecule has 2 aromatic heterocycles. The van der Waals surface area contributed by atoms with Crippen LogP contribution in [-0.4, -0.2) is 32.5 Å². The van der Waals surface area contributed by atoms with E-state index in [4.69, 9.17) is 0 Å². The van der Waals surface area contributed by atoms with Crippen LogP contribution in [0, 0.1) is 6.92 Å². The van der Waals surface area contributed by atoms with Crippen LogP contribution in [0.25, 0.3) is 0 Å². The number of aryl methyl sites for hydroxylation is 1. The van der Waals surface area contributed by atoms with Crippen molar-refractivity contribution in [2.75, 3.05) is 13.1 Å². The average molecular weight is 366 g/mol. The molecule has 0 unspecified atom stereocenters. The molecule has 0 saturated carbocycles. The average Bonchev–Trinajstić information content (AvgIpc) is 2.59. The molecule has 0 saturated heterocycles. The van der Waals surface area contributed by atoms with Crippen molar-refractivity contribution in [3.8, 4) is 0 Å². The van der Waals surface area contributed by atoms with E-state index in [-0.39, 0.29) is 12.1 Å². The molecule has 140 valence electrons. The highest BCUT2D eigenvalue weighted by molar-refractivity contribution is 5.23. The molecule has 0 aromatic carbocycles. The number of aromatic nitrogens is 3. The summed E-state index contributed by atoms with van der Waals surface area (Å²) >= 11 is 0. The quantitative estimate of drug-likeness (QED) is 0.835. The van der Waals surface area contributed by atoms with E-state index in [0.29, 0.717) is 23.5 Å². The van der Waals surface area contributed by atoms with Crippen LogP contribution in [0.3, 0.4) is 0 Å². The third-order valence-corrected chi connectivity index (χ3v) is 4.58. The molecule has 0 bridgehead atoms. The standard InChI is InChI=1S/C18H21F3N4O/c1-3-7-24-8-6-15-14(11-24)17(26)25(12(2)23-15)10-13-4-5-16(22-9-13)18(19,20)21/h4-5,9H,3,6-8,10-11H2,1-2H3.